The molecule has 118 valence electrons. The van der Waals surface area contributed by atoms with Crippen LogP contribution >= 0.6 is 11.3 Å². The lowest BCUT2D eigenvalue weighted by atomic mass is 10.1. The Morgan fingerprint density at radius 3 is 2.78 bits per heavy atom. The number of aromatic amines is 1. The molecule has 6 heteroatoms. The van der Waals surface area contributed by atoms with Crippen LogP contribution in [0, 0.1) is 13.8 Å². The summed E-state index contributed by atoms with van der Waals surface area (Å²) >= 11 is 1.62. The fourth-order valence-electron chi connectivity index (χ4n) is 2.31. The van der Waals surface area contributed by atoms with Gasteiger partial charge in [0.15, 0.2) is 0 Å². The molecule has 0 aliphatic carbocycles. The maximum absolute atomic E-state index is 12.4. The number of rotatable bonds is 3. The van der Waals surface area contributed by atoms with E-state index in [1.165, 1.54) is 11.1 Å². The van der Waals surface area contributed by atoms with Gasteiger partial charge in [-0.1, -0.05) is 6.07 Å². The normalized spacial score (nSPS) is 10.9. The Morgan fingerprint density at radius 2 is 2.13 bits per heavy atom. The zero-order valence-corrected chi connectivity index (χ0v) is 13.9. The first-order valence-corrected chi connectivity index (χ1v) is 8.10. The van der Waals surface area contributed by atoms with Crippen LogP contribution in [0.3, 0.4) is 0 Å². The van der Waals surface area contributed by atoms with Crippen LogP contribution in [-0.4, -0.2) is 22.5 Å². The molecule has 0 saturated heterocycles. The van der Waals surface area contributed by atoms with Gasteiger partial charge in [0.25, 0.3) is 0 Å². The Hall–Kier alpha value is -2.47. The first-order valence-electron chi connectivity index (χ1n) is 7.28. The van der Waals surface area contributed by atoms with E-state index in [1.807, 2.05) is 26.0 Å². The maximum atomic E-state index is 12.4. The number of aromatic nitrogens is 2. The van der Waals surface area contributed by atoms with E-state index in [0.717, 1.165) is 16.3 Å². The minimum atomic E-state index is -0.606. The third-order valence-corrected chi connectivity index (χ3v) is 4.77. The van der Waals surface area contributed by atoms with E-state index in [-0.39, 0.29) is 17.6 Å². The molecule has 2 heterocycles. The Morgan fingerprint density at radius 1 is 1.35 bits per heavy atom. The number of hydrogen-bond acceptors (Lipinski definition) is 5. The van der Waals surface area contributed by atoms with Crippen molar-refractivity contribution in [2.75, 3.05) is 6.61 Å². The minimum Gasteiger partial charge on any atom is -0.462 e. The van der Waals surface area contributed by atoms with Crippen molar-refractivity contribution in [1.29, 1.82) is 0 Å². The van der Waals surface area contributed by atoms with Gasteiger partial charge in [-0.25, -0.2) is 9.78 Å². The molecule has 0 unspecified atom stereocenters. The van der Waals surface area contributed by atoms with Crippen molar-refractivity contribution in [2.24, 2.45) is 0 Å². The second kappa shape index (κ2) is 5.96. The number of ether oxygens (including phenoxy) is 1. The van der Waals surface area contributed by atoms with E-state index in [1.54, 1.807) is 24.3 Å². The van der Waals surface area contributed by atoms with Crippen LogP contribution in [0.2, 0.25) is 0 Å². The molecule has 1 aromatic carbocycles. The summed E-state index contributed by atoms with van der Waals surface area (Å²) in [6, 6.07) is 5.45. The number of aryl methyl sites for hydroxylation is 2. The van der Waals surface area contributed by atoms with Crippen molar-refractivity contribution in [3.63, 3.8) is 0 Å². The average Bonchev–Trinajstić information content (AvgIpc) is 2.87. The molecule has 0 saturated carbocycles. The number of carbonyl (C=O) groups excluding carboxylic acids is 1. The Labute approximate surface area is 137 Å². The smallest absolute Gasteiger partial charge is 0.343 e. The van der Waals surface area contributed by atoms with Crippen LogP contribution in [0.5, 0.6) is 0 Å². The number of thiazole rings is 1. The summed E-state index contributed by atoms with van der Waals surface area (Å²) in [5, 5.41) is 1.38. The van der Waals surface area contributed by atoms with Crippen LogP contribution < -0.4 is 5.43 Å². The second-order valence-electron chi connectivity index (χ2n) is 5.17. The molecule has 0 aliphatic rings. The third-order valence-electron chi connectivity index (χ3n) is 3.65. The molecule has 3 aromatic rings. The summed E-state index contributed by atoms with van der Waals surface area (Å²) in [7, 11) is 0. The van der Waals surface area contributed by atoms with Crippen molar-refractivity contribution in [3.8, 4) is 10.6 Å². The van der Waals surface area contributed by atoms with Gasteiger partial charge in [0.05, 0.1) is 17.8 Å². The molecule has 0 bridgehead atoms. The van der Waals surface area contributed by atoms with Crippen molar-refractivity contribution in [2.45, 2.75) is 20.8 Å². The predicted octanol–water partition coefficient (Wildman–Crippen LogP) is 3.45. The first-order chi connectivity index (χ1) is 11.0. The molecule has 1 N–H and O–H groups in total. The number of fused-ring (bicyclic) bond motifs is 1. The lowest BCUT2D eigenvalue weighted by molar-refractivity contribution is 0.0524. The fraction of sp³-hybridized carbons (Fsp3) is 0.235. The van der Waals surface area contributed by atoms with Gasteiger partial charge in [-0.15, -0.1) is 11.3 Å². The zero-order chi connectivity index (χ0) is 16.6. The maximum Gasteiger partial charge on any atom is 0.343 e. The molecular weight excluding hydrogens is 312 g/mol. The quantitative estimate of drug-likeness (QED) is 0.748. The lowest BCUT2D eigenvalue weighted by Crippen LogP contribution is -2.18. The van der Waals surface area contributed by atoms with E-state index in [9.17, 15) is 9.59 Å². The van der Waals surface area contributed by atoms with Gasteiger partial charge in [-0.2, -0.15) is 0 Å². The lowest BCUT2D eigenvalue weighted by Gasteiger charge is -2.04. The molecule has 2 aromatic heterocycles. The molecule has 0 amide bonds. The Bertz CT molecular complexity index is 937. The van der Waals surface area contributed by atoms with Crippen molar-refractivity contribution < 1.29 is 9.53 Å². The number of esters is 1. The standard InChI is InChI=1S/C17H16N2O3S/c1-4-22-17(21)13-8-18-14-7-11(5-6-12(14)15(13)20)16-19-9(2)10(3)23-16/h5-8H,4H2,1-3H3,(H,18,20). The molecule has 0 aliphatic heterocycles. The topological polar surface area (TPSA) is 72.1 Å². The predicted molar refractivity (Wildman–Crippen MR) is 91.1 cm³/mol. The number of pyridine rings is 1. The van der Waals surface area contributed by atoms with E-state index in [0.29, 0.717) is 10.9 Å². The summed E-state index contributed by atoms with van der Waals surface area (Å²) in [4.78, 5) is 32.9. The molecule has 5 nitrogen and oxygen atoms in total. The van der Waals surface area contributed by atoms with E-state index >= 15 is 0 Å². The minimum absolute atomic E-state index is 0.0213. The molecule has 3 rings (SSSR count). The number of nitrogens with zero attached hydrogens (tertiary/aromatic N) is 1. The molecule has 0 spiro atoms. The van der Waals surface area contributed by atoms with Gasteiger partial charge in [0, 0.05) is 22.0 Å². The monoisotopic (exact) mass is 328 g/mol. The van der Waals surface area contributed by atoms with E-state index in [4.69, 9.17) is 4.74 Å². The third kappa shape index (κ3) is 2.77. The molecule has 0 atom stereocenters. The number of benzene rings is 1. The average molecular weight is 328 g/mol. The highest BCUT2D eigenvalue weighted by atomic mass is 32.1. The van der Waals surface area contributed by atoms with Crippen molar-refractivity contribution in [1.82, 2.24) is 9.97 Å². The second-order valence-corrected chi connectivity index (χ2v) is 6.38. The summed E-state index contributed by atoms with van der Waals surface area (Å²) in [6.45, 7) is 5.95. The molecule has 0 radical (unpaired) electrons. The van der Waals surface area contributed by atoms with E-state index in [2.05, 4.69) is 9.97 Å². The molecule has 23 heavy (non-hydrogen) atoms. The van der Waals surface area contributed by atoms with Crippen LogP contribution in [0.1, 0.15) is 27.9 Å². The van der Waals surface area contributed by atoms with Crippen molar-refractivity contribution in [3.05, 3.63) is 50.8 Å². The van der Waals surface area contributed by atoms with Crippen LogP contribution in [-0.2, 0) is 4.74 Å². The van der Waals surface area contributed by atoms with Crippen LogP contribution in [0.15, 0.2) is 29.2 Å². The van der Waals surface area contributed by atoms with Gasteiger partial charge in [0.1, 0.15) is 10.6 Å². The summed E-state index contributed by atoms with van der Waals surface area (Å²) in [5.74, 6) is -0.606. The van der Waals surface area contributed by atoms with Gasteiger partial charge in [0.2, 0.25) is 5.43 Å². The Balaban J connectivity index is 2.10. The van der Waals surface area contributed by atoms with Crippen LogP contribution in [0.25, 0.3) is 21.5 Å². The highest BCUT2D eigenvalue weighted by molar-refractivity contribution is 7.15. The summed E-state index contributed by atoms with van der Waals surface area (Å²) < 4.78 is 4.90. The summed E-state index contributed by atoms with van der Waals surface area (Å²) in [6.07, 6.45) is 1.41. The summed E-state index contributed by atoms with van der Waals surface area (Å²) in [5.41, 5.74) is 2.32. The van der Waals surface area contributed by atoms with Gasteiger partial charge < -0.3 is 9.72 Å². The molecular formula is C17H16N2O3S. The van der Waals surface area contributed by atoms with E-state index < -0.39 is 5.97 Å². The number of H-pyrrole nitrogens is 1. The largest absolute Gasteiger partial charge is 0.462 e. The fourth-order valence-corrected chi connectivity index (χ4v) is 3.22. The number of carbonyl (C=O) groups is 1. The molecule has 0 fully saturated rings. The van der Waals surface area contributed by atoms with Crippen LogP contribution in [0.4, 0.5) is 0 Å². The van der Waals surface area contributed by atoms with Gasteiger partial charge >= 0.3 is 5.97 Å². The zero-order valence-electron chi connectivity index (χ0n) is 13.1. The number of nitrogens with one attached hydrogen (secondary N) is 1. The van der Waals surface area contributed by atoms with Gasteiger partial charge in [-0.05, 0) is 32.9 Å². The highest BCUT2D eigenvalue weighted by Gasteiger charge is 2.15. The number of hydrogen-bond donors (Lipinski definition) is 1. The van der Waals surface area contributed by atoms with Gasteiger partial charge in [-0.3, -0.25) is 4.79 Å². The first kappa shape index (κ1) is 15.4. The highest BCUT2D eigenvalue weighted by Crippen LogP contribution is 2.28. The Kier molecular flexibility index (Phi) is 4.00. The SMILES string of the molecule is CCOC(=O)c1c[nH]c2cc(-c3nc(C)c(C)s3)ccc2c1=O. The van der Waals surface area contributed by atoms with Crippen molar-refractivity contribution >= 4 is 28.2 Å².